The molecule has 25 heavy (non-hydrogen) atoms. The average molecular weight is 380 g/mol. The number of hydrogen-bond donors (Lipinski definition) is 1. The van der Waals surface area contributed by atoms with Gasteiger partial charge in [-0.25, -0.2) is 13.4 Å². The summed E-state index contributed by atoms with van der Waals surface area (Å²) in [6.07, 6.45) is 1.34. The van der Waals surface area contributed by atoms with Gasteiger partial charge in [0.05, 0.1) is 29.7 Å². The molecule has 1 aliphatic heterocycles. The van der Waals surface area contributed by atoms with E-state index in [1.54, 1.807) is 0 Å². The number of nitrogens with zero attached hydrogens (tertiary/aromatic N) is 1. The van der Waals surface area contributed by atoms with Crippen molar-refractivity contribution < 1.29 is 17.9 Å². The van der Waals surface area contributed by atoms with Gasteiger partial charge in [-0.15, -0.1) is 11.3 Å². The second kappa shape index (κ2) is 7.53. The Bertz CT molecular complexity index is 844. The Morgan fingerprint density at radius 1 is 1.36 bits per heavy atom. The van der Waals surface area contributed by atoms with E-state index in [0.717, 1.165) is 23.4 Å². The molecule has 1 atom stereocenters. The molecule has 2 heterocycles. The summed E-state index contributed by atoms with van der Waals surface area (Å²) in [5, 5.41) is 5.08. The number of amides is 1. The highest BCUT2D eigenvalue weighted by atomic mass is 32.2. The van der Waals surface area contributed by atoms with Crippen LogP contribution in [-0.4, -0.2) is 37.4 Å². The van der Waals surface area contributed by atoms with Crippen molar-refractivity contribution in [3.05, 3.63) is 29.6 Å². The predicted molar refractivity (Wildman–Crippen MR) is 98.7 cm³/mol. The first-order valence-corrected chi connectivity index (χ1v) is 10.9. The molecular formula is C17H20N2O4S2. The molecule has 0 unspecified atom stereocenters. The van der Waals surface area contributed by atoms with Gasteiger partial charge in [0.25, 0.3) is 0 Å². The van der Waals surface area contributed by atoms with Crippen LogP contribution in [0.25, 0.3) is 11.3 Å². The van der Waals surface area contributed by atoms with Crippen molar-refractivity contribution in [2.75, 3.05) is 23.4 Å². The maximum absolute atomic E-state index is 12.2. The molecule has 6 nitrogen and oxygen atoms in total. The number of hydrogen-bond acceptors (Lipinski definition) is 6. The molecule has 134 valence electrons. The highest BCUT2D eigenvalue weighted by Crippen LogP contribution is 2.27. The highest BCUT2D eigenvalue weighted by molar-refractivity contribution is 7.91. The van der Waals surface area contributed by atoms with Crippen LogP contribution < -0.4 is 10.1 Å². The molecular weight excluding hydrogens is 360 g/mol. The van der Waals surface area contributed by atoms with Crippen molar-refractivity contribution in [3.63, 3.8) is 0 Å². The molecule has 0 bridgehead atoms. The van der Waals surface area contributed by atoms with E-state index in [1.807, 2.05) is 29.6 Å². The van der Waals surface area contributed by atoms with E-state index in [4.69, 9.17) is 4.74 Å². The van der Waals surface area contributed by atoms with Crippen LogP contribution in [0, 0.1) is 5.92 Å². The number of benzene rings is 1. The highest BCUT2D eigenvalue weighted by Gasteiger charge is 2.33. The summed E-state index contributed by atoms with van der Waals surface area (Å²) in [7, 11) is -3.07. The van der Waals surface area contributed by atoms with E-state index in [0.29, 0.717) is 18.2 Å². The van der Waals surface area contributed by atoms with Gasteiger partial charge >= 0.3 is 0 Å². The SMILES string of the molecule is CCCOc1ccc(-c2csc(NC(=O)[C@@H]3CCS(=O)(=O)C3)n2)cc1. The van der Waals surface area contributed by atoms with Crippen molar-refractivity contribution in [3.8, 4) is 17.0 Å². The summed E-state index contributed by atoms with van der Waals surface area (Å²) in [5.74, 6) is 0.0751. The van der Waals surface area contributed by atoms with Gasteiger partial charge in [-0.1, -0.05) is 6.92 Å². The second-order valence-electron chi connectivity index (χ2n) is 6.00. The van der Waals surface area contributed by atoms with E-state index in [2.05, 4.69) is 17.2 Å². The zero-order valence-corrected chi connectivity index (χ0v) is 15.5. The zero-order valence-electron chi connectivity index (χ0n) is 13.9. The summed E-state index contributed by atoms with van der Waals surface area (Å²) < 4.78 is 28.5. The Kier molecular flexibility index (Phi) is 5.39. The molecule has 1 fully saturated rings. The molecule has 0 radical (unpaired) electrons. The van der Waals surface area contributed by atoms with Gasteiger partial charge in [-0.3, -0.25) is 4.79 Å². The van der Waals surface area contributed by atoms with Crippen molar-refractivity contribution in [1.29, 1.82) is 0 Å². The maximum atomic E-state index is 12.2. The molecule has 0 saturated carbocycles. The third-order valence-corrected chi connectivity index (χ3v) is 6.49. The molecule has 1 aliphatic rings. The van der Waals surface area contributed by atoms with Crippen LogP contribution in [0.5, 0.6) is 5.75 Å². The molecule has 1 N–H and O–H groups in total. The lowest BCUT2D eigenvalue weighted by Crippen LogP contribution is -2.23. The van der Waals surface area contributed by atoms with E-state index >= 15 is 0 Å². The van der Waals surface area contributed by atoms with Gasteiger partial charge in [0, 0.05) is 10.9 Å². The van der Waals surface area contributed by atoms with Crippen LogP contribution >= 0.6 is 11.3 Å². The minimum absolute atomic E-state index is 0.0731. The predicted octanol–water partition coefficient (Wildman–Crippen LogP) is 2.97. The van der Waals surface area contributed by atoms with Crippen LogP contribution in [0.2, 0.25) is 0 Å². The molecule has 1 aromatic carbocycles. The molecule has 1 aromatic heterocycles. The molecule has 3 rings (SSSR count). The van der Waals surface area contributed by atoms with E-state index in [-0.39, 0.29) is 17.4 Å². The standard InChI is InChI=1S/C17H20N2O4S2/c1-2-8-23-14-5-3-12(4-6-14)15-10-24-17(18-15)19-16(20)13-7-9-25(21,22)11-13/h3-6,10,13H,2,7-9,11H2,1H3,(H,18,19,20)/t13-/m1/s1. The number of sulfone groups is 1. The lowest BCUT2D eigenvalue weighted by molar-refractivity contribution is -0.119. The van der Waals surface area contributed by atoms with Crippen LogP contribution in [0.1, 0.15) is 19.8 Å². The number of carbonyl (C=O) groups excluding carboxylic acids is 1. The number of rotatable bonds is 6. The number of carbonyl (C=O) groups is 1. The number of aromatic nitrogens is 1. The summed E-state index contributed by atoms with van der Waals surface area (Å²) >= 11 is 1.33. The van der Waals surface area contributed by atoms with Gasteiger partial charge in [-0.2, -0.15) is 0 Å². The number of thiazole rings is 1. The fourth-order valence-electron chi connectivity index (χ4n) is 2.61. The van der Waals surface area contributed by atoms with E-state index < -0.39 is 15.8 Å². The van der Waals surface area contributed by atoms with E-state index in [9.17, 15) is 13.2 Å². The maximum Gasteiger partial charge on any atom is 0.230 e. The van der Waals surface area contributed by atoms with Gasteiger partial charge in [0.1, 0.15) is 5.75 Å². The molecule has 0 aliphatic carbocycles. The van der Waals surface area contributed by atoms with Crippen molar-refractivity contribution in [2.45, 2.75) is 19.8 Å². The Labute approximate surface area is 151 Å². The van der Waals surface area contributed by atoms with Gasteiger partial charge in [-0.05, 0) is 37.1 Å². The normalized spacial score (nSPS) is 18.8. The first-order chi connectivity index (χ1) is 12.0. The summed E-state index contributed by atoms with van der Waals surface area (Å²) in [5.41, 5.74) is 1.70. The molecule has 0 spiro atoms. The van der Waals surface area contributed by atoms with Crippen LogP contribution in [0.3, 0.4) is 0 Å². The van der Waals surface area contributed by atoms with Gasteiger partial charge < -0.3 is 10.1 Å². The third kappa shape index (κ3) is 4.58. The Morgan fingerprint density at radius 2 is 2.12 bits per heavy atom. The van der Waals surface area contributed by atoms with Crippen molar-refractivity contribution in [2.24, 2.45) is 5.92 Å². The summed E-state index contributed by atoms with van der Waals surface area (Å²) in [4.78, 5) is 16.6. The minimum Gasteiger partial charge on any atom is -0.494 e. The smallest absolute Gasteiger partial charge is 0.230 e. The Hall–Kier alpha value is -1.93. The summed E-state index contributed by atoms with van der Waals surface area (Å²) in [6, 6.07) is 7.64. The van der Waals surface area contributed by atoms with Gasteiger partial charge in [0.15, 0.2) is 15.0 Å². The Balaban J connectivity index is 1.63. The topological polar surface area (TPSA) is 85.4 Å². The summed E-state index contributed by atoms with van der Waals surface area (Å²) in [6.45, 7) is 2.74. The largest absolute Gasteiger partial charge is 0.494 e. The van der Waals surface area contributed by atoms with Crippen LogP contribution in [0.15, 0.2) is 29.6 Å². The Morgan fingerprint density at radius 3 is 2.76 bits per heavy atom. The van der Waals surface area contributed by atoms with Crippen LogP contribution in [-0.2, 0) is 14.6 Å². The lowest BCUT2D eigenvalue weighted by Gasteiger charge is -2.06. The first kappa shape index (κ1) is 17.9. The molecule has 1 amide bonds. The third-order valence-electron chi connectivity index (χ3n) is 3.96. The lowest BCUT2D eigenvalue weighted by atomic mass is 10.1. The second-order valence-corrected chi connectivity index (χ2v) is 9.09. The monoisotopic (exact) mass is 380 g/mol. The number of ether oxygens (including phenoxy) is 1. The fraction of sp³-hybridized carbons (Fsp3) is 0.412. The number of nitrogens with one attached hydrogen (secondary N) is 1. The van der Waals surface area contributed by atoms with Crippen molar-refractivity contribution >= 4 is 32.2 Å². The first-order valence-electron chi connectivity index (χ1n) is 8.17. The molecule has 1 saturated heterocycles. The molecule has 2 aromatic rings. The minimum atomic E-state index is -3.07. The zero-order chi connectivity index (χ0) is 17.9. The quantitative estimate of drug-likeness (QED) is 0.833. The average Bonchev–Trinajstić information content (AvgIpc) is 3.20. The van der Waals surface area contributed by atoms with Crippen molar-refractivity contribution in [1.82, 2.24) is 4.98 Å². The van der Waals surface area contributed by atoms with E-state index in [1.165, 1.54) is 11.3 Å². The van der Waals surface area contributed by atoms with Crippen LogP contribution in [0.4, 0.5) is 5.13 Å². The molecule has 8 heteroatoms. The van der Waals surface area contributed by atoms with Gasteiger partial charge in [0.2, 0.25) is 5.91 Å². The fourth-order valence-corrected chi connectivity index (χ4v) is 5.08. The number of anilines is 1.